The largest absolute Gasteiger partial charge is 0.381 e. The molecule has 0 radical (unpaired) electrons. The number of likely N-dealkylation sites (tertiary alicyclic amines) is 1. The van der Waals surface area contributed by atoms with E-state index in [0.29, 0.717) is 5.69 Å². The number of amides is 1. The number of piperidine rings is 1. The lowest BCUT2D eigenvalue weighted by Gasteiger charge is -2.33. The zero-order valence-electron chi connectivity index (χ0n) is 13.7. The number of aromatic amines is 1. The summed E-state index contributed by atoms with van der Waals surface area (Å²) in [6.07, 6.45) is 3.01. The molecule has 1 amide bonds. The lowest BCUT2D eigenvalue weighted by molar-refractivity contribution is 0.0707. The number of aromatic nitrogens is 2. The minimum atomic E-state index is 0.0516. The molecule has 1 unspecified atom stereocenters. The van der Waals surface area contributed by atoms with E-state index in [1.165, 1.54) is 0 Å². The van der Waals surface area contributed by atoms with Crippen molar-refractivity contribution in [2.24, 2.45) is 0 Å². The molecule has 3 heterocycles. The van der Waals surface area contributed by atoms with Crippen molar-refractivity contribution in [2.45, 2.75) is 31.8 Å². The van der Waals surface area contributed by atoms with Crippen molar-refractivity contribution >= 4 is 11.6 Å². The molecule has 1 atom stereocenters. The van der Waals surface area contributed by atoms with Crippen molar-refractivity contribution in [3.05, 3.63) is 47.3 Å². The van der Waals surface area contributed by atoms with Crippen LogP contribution >= 0.6 is 0 Å². The summed E-state index contributed by atoms with van der Waals surface area (Å²) in [4.78, 5) is 14.9. The van der Waals surface area contributed by atoms with Crippen molar-refractivity contribution in [1.29, 1.82) is 0 Å². The maximum Gasteiger partial charge on any atom is 0.274 e. The molecule has 6 nitrogen and oxygen atoms in total. The molecule has 1 aromatic heterocycles. The van der Waals surface area contributed by atoms with E-state index >= 15 is 0 Å². The topological polar surface area (TPSA) is 73.0 Å². The molecule has 1 fully saturated rings. The number of fused-ring (bicyclic) bond motifs is 1. The van der Waals surface area contributed by atoms with Crippen LogP contribution in [0.1, 0.15) is 34.6 Å². The highest BCUT2D eigenvalue weighted by molar-refractivity contribution is 5.94. The van der Waals surface area contributed by atoms with Gasteiger partial charge in [0.2, 0.25) is 0 Å². The minimum Gasteiger partial charge on any atom is -0.381 e. The number of nitrogens with one attached hydrogen (secondary N) is 3. The van der Waals surface area contributed by atoms with Crippen LogP contribution in [-0.4, -0.2) is 46.7 Å². The molecule has 0 bridgehead atoms. The molecule has 24 heavy (non-hydrogen) atoms. The molecule has 1 aromatic carbocycles. The first-order valence-corrected chi connectivity index (χ1v) is 8.69. The van der Waals surface area contributed by atoms with Gasteiger partial charge in [0.1, 0.15) is 0 Å². The predicted octanol–water partition coefficient (Wildman–Crippen LogP) is 1.77. The number of hydrogen-bond acceptors (Lipinski definition) is 4. The number of benzene rings is 1. The Morgan fingerprint density at radius 2 is 2.17 bits per heavy atom. The highest BCUT2D eigenvalue weighted by Gasteiger charge is 2.29. The summed E-state index contributed by atoms with van der Waals surface area (Å²) < 4.78 is 0. The van der Waals surface area contributed by atoms with Crippen LogP contribution in [0.5, 0.6) is 0 Å². The van der Waals surface area contributed by atoms with Crippen molar-refractivity contribution in [3.63, 3.8) is 0 Å². The van der Waals surface area contributed by atoms with Gasteiger partial charge in [0.25, 0.3) is 5.91 Å². The van der Waals surface area contributed by atoms with Crippen molar-refractivity contribution in [1.82, 2.24) is 20.4 Å². The third-order valence-electron chi connectivity index (χ3n) is 4.86. The van der Waals surface area contributed by atoms with Crippen LogP contribution in [0, 0.1) is 0 Å². The maximum absolute atomic E-state index is 12.9. The summed E-state index contributed by atoms with van der Waals surface area (Å²) in [7, 11) is 0. The second-order valence-electron chi connectivity index (χ2n) is 6.56. The highest BCUT2D eigenvalue weighted by Crippen LogP contribution is 2.21. The summed E-state index contributed by atoms with van der Waals surface area (Å²) in [6, 6.07) is 10.5. The zero-order chi connectivity index (χ0) is 16.4. The lowest BCUT2D eigenvalue weighted by atomic mass is 10.0. The Hall–Kier alpha value is -2.34. The Bertz CT molecular complexity index is 711. The molecule has 3 N–H and O–H groups in total. The van der Waals surface area contributed by atoms with E-state index in [4.69, 9.17) is 0 Å². The first-order valence-electron chi connectivity index (χ1n) is 8.69. The van der Waals surface area contributed by atoms with Crippen LogP contribution in [0.3, 0.4) is 0 Å². The quantitative estimate of drug-likeness (QED) is 0.804. The second-order valence-corrected chi connectivity index (χ2v) is 6.56. The van der Waals surface area contributed by atoms with Crippen LogP contribution in [0.15, 0.2) is 30.3 Å². The molecule has 0 spiro atoms. The smallest absolute Gasteiger partial charge is 0.274 e. The molecule has 2 aliphatic rings. The molecular formula is C18H23N5O. The summed E-state index contributed by atoms with van der Waals surface area (Å²) in [5.41, 5.74) is 3.85. The van der Waals surface area contributed by atoms with E-state index in [2.05, 4.69) is 33.0 Å². The number of rotatable bonds is 3. The molecule has 2 aromatic rings. The molecule has 0 aliphatic carbocycles. The van der Waals surface area contributed by atoms with Crippen LogP contribution in [0.25, 0.3) is 0 Å². The standard InChI is InChI=1S/C18H23N5O/c24-18(17-15-11-19-9-8-16(15)21-22-17)23-10-4-7-14(12-23)20-13-5-2-1-3-6-13/h1-3,5-6,14,19-20H,4,7-12H2,(H,21,22). The van der Waals surface area contributed by atoms with Crippen LogP contribution in [-0.2, 0) is 13.0 Å². The minimum absolute atomic E-state index is 0.0516. The van der Waals surface area contributed by atoms with E-state index in [0.717, 1.165) is 62.4 Å². The average Bonchev–Trinajstić information content (AvgIpc) is 3.06. The molecule has 126 valence electrons. The number of H-pyrrole nitrogens is 1. The van der Waals surface area contributed by atoms with Crippen molar-refractivity contribution in [3.8, 4) is 0 Å². The summed E-state index contributed by atoms with van der Waals surface area (Å²) in [5, 5.41) is 14.2. The number of carbonyl (C=O) groups is 1. The van der Waals surface area contributed by atoms with Gasteiger partial charge in [-0.05, 0) is 25.0 Å². The normalized spacial score (nSPS) is 20.5. The van der Waals surface area contributed by atoms with E-state index in [-0.39, 0.29) is 11.9 Å². The zero-order valence-corrected chi connectivity index (χ0v) is 13.7. The Morgan fingerprint density at radius 1 is 1.29 bits per heavy atom. The summed E-state index contributed by atoms with van der Waals surface area (Å²) in [5.74, 6) is 0.0516. The Balaban J connectivity index is 1.46. The Labute approximate surface area is 141 Å². The number of anilines is 1. The molecule has 1 saturated heterocycles. The van der Waals surface area contributed by atoms with Gasteiger partial charge in [-0.1, -0.05) is 18.2 Å². The van der Waals surface area contributed by atoms with Gasteiger partial charge < -0.3 is 15.5 Å². The maximum atomic E-state index is 12.9. The number of para-hydroxylation sites is 1. The van der Waals surface area contributed by atoms with Gasteiger partial charge in [-0.25, -0.2) is 0 Å². The molecular weight excluding hydrogens is 302 g/mol. The fourth-order valence-corrected chi connectivity index (χ4v) is 3.60. The van der Waals surface area contributed by atoms with Gasteiger partial charge in [0, 0.05) is 55.6 Å². The molecule has 6 heteroatoms. The number of carbonyl (C=O) groups excluding carboxylic acids is 1. The third kappa shape index (κ3) is 3.01. The fourth-order valence-electron chi connectivity index (χ4n) is 3.60. The number of hydrogen-bond donors (Lipinski definition) is 3. The van der Waals surface area contributed by atoms with Gasteiger partial charge in [0.05, 0.1) is 0 Å². The first kappa shape index (κ1) is 15.2. The summed E-state index contributed by atoms with van der Waals surface area (Å²) >= 11 is 0. The van der Waals surface area contributed by atoms with Crippen LogP contribution in [0.4, 0.5) is 5.69 Å². The van der Waals surface area contributed by atoms with Crippen LogP contribution in [0.2, 0.25) is 0 Å². The van der Waals surface area contributed by atoms with Gasteiger partial charge in [0.15, 0.2) is 5.69 Å². The molecule has 0 saturated carbocycles. The lowest BCUT2D eigenvalue weighted by Crippen LogP contribution is -2.45. The van der Waals surface area contributed by atoms with Gasteiger partial charge in [-0.2, -0.15) is 5.10 Å². The third-order valence-corrected chi connectivity index (χ3v) is 4.86. The predicted molar refractivity (Wildman–Crippen MR) is 93.0 cm³/mol. The number of nitrogens with zero attached hydrogens (tertiary/aromatic N) is 2. The SMILES string of the molecule is O=C(c1n[nH]c2c1CNCC2)N1CCCC(Nc2ccccc2)C1. The molecule has 4 rings (SSSR count). The molecule has 2 aliphatic heterocycles. The Morgan fingerprint density at radius 3 is 3.04 bits per heavy atom. The van der Waals surface area contributed by atoms with E-state index in [9.17, 15) is 4.79 Å². The van der Waals surface area contributed by atoms with E-state index < -0.39 is 0 Å². The van der Waals surface area contributed by atoms with Gasteiger partial charge in [-0.3, -0.25) is 9.89 Å². The first-order chi connectivity index (χ1) is 11.8. The highest BCUT2D eigenvalue weighted by atomic mass is 16.2. The van der Waals surface area contributed by atoms with E-state index in [1.807, 2.05) is 23.1 Å². The average molecular weight is 325 g/mol. The van der Waals surface area contributed by atoms with Gasteiger partial charge in [-0.15, -0.1) is 0 Å². The van der Waals surface area contributed by atoms with E-state index in [1.54, 1.807) is 0 Å². The summed E-state index contributed by atoms with van der Waals surface area (Å²) in [6.45, 7) is 3.20. The Kier molecular flexibility index (Phi) is 4.21. The van der Waals surface area contributed by atoms with Gasteiger partial charge >= 0.3 is 0 Å². The van der Waals surface area contributed by atoms with Crippen molar-refractivity contribution in [2.75, 3.05) is 25.0 Å². The van der Waals surface area contributed by atoms with Crippen molar-refractivity contribution < 1.29 is 4.79 Å². The fraction of sp³-hybridized carbons (Fsp3) is 0.444. The van der Waals surface area contributed by atoms with Crippen LogP contribution < -0.4 is 10.6 Å². The monoisotopic (exact) mass is 325 g/mol. The second kappa shape index (κ2) is 6.65.